The summed E-state index contributed by atoms with van der Waals surface area (Å²) in [6.07, 6.45) is 12.2. The molecule has 6 nitrogen and oxygen atoms in total. The van der Waals surface area contributed by atoms with Crippen LogP contribution in [-0.4, -0.2) is 44.8 Å². The van der Waals surface area contributed by atoms with Crippen LogP contribution in [0.15, 0.2) is 4.99 Å². The quantitative estimate of drug-likeness (QED) is 0.677. The van der Waals surface area contributed by atoms with E-state index in [1.165, 1.54) is 64.3 Å². The Bertz CT molecular complexity index is 622. The maximum absolute atomic E-state index is 4.98. The van der Waals surface area contributed by atoms with E-state index in [2.05, 4.69) is 20.4 Å². The molecular weight excluding hydrogens is 312 g/mol. The number of rotatable bonds is 3. The first-order valence-corrected chi connectivity index (χ1v) is 10.1. The molecule has 0 amide bonds. The molecule has 0 atom stereocenters. The Balaban J connectivity index is 1.49. The standard InChI is InChI=1S/C19H32N6/c1-15-22-23-17(24(15)2)13-20-18(21-16-7-3-4-8-16)25-12-11-19(14-25)9-5-6-10-19/h16H,3-14H2,1-2H3,(H,20,21). The van der Waals surface area contributed by atoms with E-state index in [-0.39, 0.29) is 0 Å². The fourth-order valence-electron chi connectivity index (χ4n) is 4.87. The van der Waals surface area contributed by atoms with Gasteiger partial charge in [0.2, 0.25) is 0 Å². The highest BCUT2D eigenvalue weighted by Crippen LogP contribution is 2.45. The number of likely N-dealkylation sites (tertiary alicyclic amines) is 1. The first kappa shape index (κ1) is 16.9. The SMILES string of the molecule is Cc1nnc(CN=C(NC2CCCC2)N2CCC3(CCCC3)C2)n1C. The number of aliphatic imine (C=N–C) groups is 1. The van der Waals surface area contributed by atoms with Gasteiger partial charge in [-0.05, 0) is 44.4 Å². The van der Waals surface area contributed by atoms with Gasteiger partial charge < -0.3 is 14.8 Å². The van der Waals surface area contributed by atoms with E-state index in [0.29, 0.717) is 18.0 Å². The molecular formula is C19H32N6. The summed E-state index contributed by atoms with van der Waals surface area (Å²) in [5, 5.41) is 12.2. The van der Waals surface area contributed by atoms with Gasteiger partial charge in [0.15, 0.2) is 11.8 Å². The molecule has 2 saturated carbocycles. The van der Waals surface area contributed by atoms with Crippen molar-refractivity contribution in [2.45, 2.75) is 77.3 Å². The zero-order valence-electron chi connectivity index (χ0n) is 15.8. The predicted octanol–water partition coefficient (Wildman–Crippen LogP) is 2.78. The van der Waals surface area contributed by atoms with Gasteiger partial charge in [0, 0.05) is 26.2 Å². The third kappa shape index (κ3) is 3.53. The fraction of sp³-hybridized carbons (Fsp3) is 0.842. The summed E-state index contributed by atoms with van der Waals surface area (Å²) in [5.41, 5.74) is 0.569. The molecule has 2 heterocycles. The van der Waals surface area contributed by atoms with Crippen LogP contribution in [0.1, 0.15) is 69.4 Å². The molecule has 3 aliphatic rings. The van der Waals surface area contributed by atoms with Crippen LogP contribution in [0.4, 0.5) is 0 Å². The summed E-state index contributed by atoms with van der Waals surface area (Å²) >= 11 is 0. The molecule has 2 aliphatic carbocycles. The molecule has 3 fully saturated rings. The minimum atomic E-state index is 0.569. The first-order chi connectivity index (χ1) is 12.2. The van der Waals surface area contributed by atoms with Gasteiger partial charge in [0.05, 0.1) is 0 Å². The van der Waals surface area contributed by atoms with Crippen LogP contribution in [-0.2, 0) is 13.6 Å². The average molecular weight is 345 g/mol. The summed E-state index contributed by atoms with van der Waals surface area (Å²) in [4.78, 5) is 7.50. The van der Waals surface area contributed by atoms with Gasteiger partial charge in [-0.3, -0.25) is 0 Å². The Hall–Kier alpha value is -1.59. The molecule has 4 rings (SSSR count). The summed E-state index contributed by atoms with van der Waals surface area (Å²) < 4.78 is 2.04. The molecule has 1 saturated heterocycles. The van der Waals surface area contributed by atoms with Crippen molar-refractivity contribution in [1.29, 1.82) is 0 Å². The Morgan fingerprint density at radius 3 is 2.60 bits per heavy atom. The van der Waals surface area contributed by atoms with Crippen molar-refractivity contribution in [3.05, 3.63) is 11.6 Å². The van der Waals surface area contributed by atoms with E-state index in [4.69, 9.17) is 4.99 Å². The van der Waals surface area contributed by atoms with Crippen molar-refractivity contribution in [3.8, 4) is 0 Å². The molecule has 0 unspecified atom stereocenters. The number of hydrogen-bond acceptors (Lipinski definition) is 3. The van der Waals surface area contributed by atoms with Gasteiger partial charge >= 0.3 is 0 Å². The molecule has 1 aromatic heterocycles. The van der Waals surface area contributed by atoms with Crippen LogP contribution < -0.4 is 5.32 Å². The number of aryl methyl sites for hydroxylation is 1. The Morgan fingerprint density at radius 2 is 1.92 bits per heavy atom. The van der Waals surface area contributed by atoms with E-state index < -0.39 is 0 Å². The lowest BCUT2D eigenvalue weighted by molar-refractivity contribution is 0.308. The molecule has 1 N–H and O–H groups in total. The number of aromatic nitrogens is 3. The lowest BCUT2D eigenvalue weighted by atomic mass is 9.86. The minimum Gasteiger partial charge on any atom is -0.353 e. The summed E-state index contributed by atoms with van der Waals surface area (Å²) in [5.74, 6) is 3.00. The topological polar surface area (TPSA) is 58.3 Å². The second-order valence-corrected chi connectivity index (χ2v) is 8.37. The third-order valence-corrected chi connectivity index (χ3v) is 6.64. The largest absolute Gasteiger partial charge is 0.353 e. The van der Waals surface area contributed by atoms with Crippen LogP contribution in [0.25, 0.3) is 0 Å². The summed E-state index contributed by atoms with van der Waals surface area (Å²) in [6, 6.07) is 0.597. The van der Waals surface area contributed by atoms with Gasteiger partial charge in [-0.25, -0.2) is 4.99 Å². The Labute approximate surface area is 151 Å². The molecule has 0 bridgehead atoms. The van der Waals surface area contributed by atoms with Crippen LogP contribution in [0, 0.1) is 12.3 Å². The minimum absolute atomic E-state index is 0.569. The van der Waals surface area contributed by atoms with Crippen molar-refractivity contribution in [3.63, 3.8) is 0 Å². The summed E-state index contributed by atoms with van der Waals surface area (Å²) in [7, 11) is 2.02. The van der Waals surface area contributed by atoms with E-state index in [1.54, 1.807) is 0 Å². The predicted molar refractivity (Wildman–Crippen MR) is 99.4 cm³/mol. The van der Waals surface area contributed by atoms with E-state index in [0.717, 1.165) is 24.2 Å². The highest BCUT2D eigenvalue weighted by Gasteiger charge is 2.41. The zero-order chi connectivity index (χ0) is 17.3. The lowest BCUT2D eigenvalue weighted by Gasteiger charge is -2.28. The zero-order valence-corrected chi connectivity index (χ0v) is 15.8. The molecule has 1 spiro atoms. The Kier molecular flexibility index (Phi) is 4.69. The smallest absolute Gasteiger partial charge is 0.194 e. The van der Waals surface area contributed by atoms with Crippen LogP contribution >= 0.6 is 0 Å². The number of nitrogens with zero attached hydrogens (tertiary/aromatic N) is 5. The fourth-order valence-corrected chi connectivity index (χ4v) is 4.87. The van der Waals surface area contributed by atoms with Crippen molar-refractivity contribution in [2.24, 2.45) is 17.5 Å². The lowest BCUT2D eigenvalue weighted by Crippen LogP contribution is -2.45. The molecule has 0 radical (unpaired) electrons. The van der Waals surface area contributed by atoms with Gasteiger partial charge in [0.1, 0.15) is 12.4 Å². The van der Waals surface area contributed by atoms with Crippen molar-refractivity contribution >= 4 is 5.96 Å². The summed E-state index contributed by atoms with van der Waals surface area (Å²) in [6.45, 7) is 4.93. The van der Waals surface area contributed by atoms with Gasteiger partial charge in [-0.15, -0.1) is 10.2 Å². The third-order valence-electron chi connectivity index (χ3n) is 6.64. The molecule has 0 aromatic carbocycles. The van der Waals surface area contributed by atoms with Crippen LogP contribution in [0.5, 0.6) is 0 Å². The van der Waals surface area contributed by atoms with Gasteiger partial charge in [-0.1, -0.05) is 25.7 Å². The first-order valence-electron chi connectivity index (χ1n) is 10.1. The number of guanidine groups is 1. The monoisotopic (exact) mass is 344 g/mol. The van der Waals surface area contributed by atoms with E-state index >= 15 is 0 Å². The van der Waals surface area contributed by atoms with E-state index in [1.807, 2.05) is 18.5 Å². The Morgan fingerprint density at radius 1 is 1.16 bits per heavy atom. The van der Waals surface area contributed by atoms with Crippen molar-refractivity contribution in [2.75, 3.05) is 13.1 Å². The molecule has 25 heavy (non-hydrogen) atoms. The van der Waals surface area contributed by atoms with Crippen molar-refractivity contribution in [1.82, 2.24) is 25.0 Å². The maximum Gasteiger partial charge on any atom is 0.194 e. The highest BCUT2D eigenvalue weighted by molar-refractivity contribution is 5.80. The second-order valence-electron chi connectivity index (χ2n) is 8.37. The van der Waals surface area contributed by atoms with Crippen LogP contribution in [0.3, 0.4) is 0 Å². The van der Waals surface area contributed by atoms with E-state index in [9.17, 15) is 0 Å². The highest BCUT2D eigenvalue weighted by atomic mass is 15.3. The number of hydrogen-bond donors (Lipinski definition) is 1. The maximum atomic E-state index is 4.98. The molecule has 1 aliphatic heterocycles. The van der Waals surface area contributed by atoms with Crippen LogP contribution in [0.2, 0.25) is 0 Å². The van der Waals surface area contributed by atoms with Gasteiger partial charge in [-0.2, -0.15) is 0 Å². The second kappa shape index (κ2) is 6.96. The van der Waals surface area contributed by atoms with Gasteiger partial charge in [0.25, 0.3) is 0 Å². The average Bonchev–Trinajstić information content (AvgIpc) is 3.39. The molecule has 6 heteroatoms. The molecule has 138 valence electrons. The molecule has 1 aromatic rings. The normalized spacial score (nSPS) is 23.9. The number of nitrogens with one attached hydrogen (secondary N) is 1. The van der Waals surface area contributed by atoms with Crippen molar-refractivity contribution < 1.29 is 0 Å².